The van der Waals surface area contributed by atoms with Gasteiger partial charge in [0.1, 0.15) is 10.8 Å². The zero-order valence-electron chi connectivity index (χ0n) is 9.14. The molecule has 0 bridgehead atoms. The van der Waals surface area contributed by atoms with Crippen molar-refractivity contribution in [3.05, 3.63) is 23.2 Å². The third-order valence-electron chi connectivity index (χ3n) is 2.17. The van der Waals surface area contributed by atoms with E-state index in [1.54, 1.807) is 0 Å². The summed E-state index contributed by atoms with van der Waals surface area (Å²) < 4.78 is 0. The van der Waals surface area contributed by atoms with Crippen molar-refractivity contribution in [3.8, 4) is 0 Å². The van der Waals surface area contributed by atoms with Gasteiger partial charge in [0.2, 0.25) is 0 Å². The molecule has 0 aliphatic heterocycles. The van der Waals surface area contributed by atoms with Crippen molar-refractivity contribution < 1.29 is 9.90 Å². The zero-order valence-corrected chi connectivity index (χ0v) is 9.90. The lowest BCUT2D eigenvalue weighted by molar-refractivity contribution is 0.0891. The molecule has 1 rings (SSSR count). The Morgan fingerprint density at radius 2 is 2.19 bits per heavy atom. The predicted molar refractivity (Wildman–Crippen MR) is 60.2 cm³/mol. The second kappa shape index (κ2) is 5.77. The minimum absolute atomic E-state index is 0.107. The predicted octanol–water partition coefficient (Wildman–Crippen LogP) is 0.877. The van der Waals surface area contributed by atoms with Crippen molar-refractivity contribution in [3.63, 3.8) is 0 Å². The Kier molecular flexibility index (Phi) is 4.64. The fraction of sp³-hybridized carbons (Fsp3) is 0.500. The third kappa shape index (κ3) is 3.43. The number of hydrogen-bond acceptors (Lipinski definition) is 4. The van der Waals surface area contributed by atoms with Crippen molar-refractivity contribution >= 4 is 17.5 Å². The Balaban J connectivity index is 2.68. The van der Waals surface area contributed by atoms with Gasteiger partial charge in [-0.2, -0.15) is 0 Å². The molecule has 5 nitrogen and oxygen atoms in total. The molecule has 1 aromatic rings. The zero-order chi connectivity index (χ0) is 12.1. The molecule has 1 atom stereocenters. The number of hydrogen-bond donors (Lipinski definition) is 2. The normalized spacial score (nSPS) is 12.6. The quantitative estimate of drug-likeness (QED) is 0.823. The van der Waals surface area contributed by atoms with Gasteiger partial charge < -0.3 is 10.4 Å². The van der Waals surface area contributed by atoms with Crippen LogP contribution in [-0.4, -0.2) is 33.6 Å². The van der Waals surface area contributed by atoms with Gasteiger partial charge in [-0.3, -0.25) is 4.79 Å². The SMILES string of the molecule is CC(C)[C@@H](CO)NC(=O)c1cnc(Cl)cn1. The second-order valence-corrected chi connectivity index (χ2v) is 4.12. The van der Waals surface area contributed by atoms with Crippen molar-refractivity contribution in [2.75, 3.05) is 6.61 Å². The van der Waals surface area contributed by atoms with Crippen LogP contribution in [0.5, 0.6) is 0 Å². The molecule has 88 valence electrons. The van der Waals surface area contributed by atoms with Crippen LogP contribution in [0.1, 0.15) is 24.3 Å². The van der Waals surface area contributed by atoms with Crippen LogP contribution in [0, 0.1) is 5.92 Å². The largest absolute Gasteiger partial charge is 0.394 e. The van der Waals surface area contributed by atoms with E-state index >= 15 is 0 Å². The van der Waals surface area contributed by atoms with Crippen LogP contribution in [0.15, 0.2) is 12.4 Å². The van der Waals surface area contributed by atoms with E-state index in [4.69, 9.17) is 16.7 Å². The lowest BCUT2D eigenvalue weighted by Gasteiger charge is -2.19. The molecule has 2 N–H and O–H groups in total. The Hall–Kier alpha value is -1.20. The molecule has 0 spiro atoms. The minimum atomic E-state index is -0.364. The molecule has 0 aliphatic rings. The van der Waals surface area contributed by atoms with Crippen LogP contribution in [0.3, 0.4) is 0 Å². The summed E-state index contributed by atoms with van der Waals surface area (Å²) in [7, 11) is 0. The highest BCUT2D eigenvalue weighted by molar-refractivity contribution is 6.29. The number of halogens is 1. The van der Waals surface area contributed by atoms with Gasteiger partial charge in [0.05, 0.1) is 25.0 Å². The molecule has 0 saturated heterocycles. The highest BCUT2D eigenvalue weighted by Crippen LogP contribution is 2.04. The summed E-state index contributed by atoms with van der Waals surface area (Å²) in [5.74, 6) is -0.217. The fourth-order valence-corrected chi connectivity index (χ4v) is 1.19. The highest BCUT2D eigenvalue weighted by atomic mass is 35.5. The highest BCUT2D eigenvalue weighted by Gasteiger charge is 2.16. The molecule has 1 heterocycles. The van der Waals surface area contributed by atoms with Crippen molar-refractivity contribution in [2.24, 2.45) is 5.92 Å². The van der Waals surface area contributed by atoms with E-state index in [1.165, 1.54) is 12.4 Å². The monoisotopic (exact) mass is 243 g/mol. The number of nitrogens with zero attached hydrogens (tertiary/aromatic N) is 2. The van der Waals surface area contributed by atoms with E-state index in [1.807, 2.05) is 13.8 Å². The van der Waals surface area contributed by atoms with Gasteiger partial charge in [-0.15, -0.1) is 0 Å². The van der Waals surface area contributed by atoms with Crippen molar-refractivity contribution in [1.82, 2.24) is 15.3 Å². The van der Waals surface area contributed by atoms with Crippen LogP contribution in [0.2, 0.25) is 5.15 Å². The molecule has 0 unspecified atom stereocenters. The Morgan fingerprint density at radius 3 is 2.62 bits per heavy atom. The number of amides is 1. The van der Waals surface area contributed by atoms with Gasteiger partial charge in [0.25, 0.3) is 5.91 Å². The standard InChI is InChI=1S/C10H14ClN3O2/c1-6(2)8(5-15)14-10(16)7-3-13-9(11)4-12-7/h3-4,6,8,15H,5H2,1-2H3,(H,14,16)/t8-/m1/s1. The lowest BCUT2D eigenvalue weighted by atomic mass is 10.1. The Morgan fingerprint density at radius 1 is 1.50 bits per heavy atom. The van der Waals surface area contributed by atoms with Gasteiger partial charge in [-0.1, -0.05) is 25.4 Å². The minimum Gasteiger partial charge on any atom is -0.394 e. The maximum atomic E-state index is 11.7. The molecule has 0 saturated carbocycles. The van der Waals surface area contributed by atoms with E-state index in [2.05, 4.69) is 15.3 Å². The average molecular weight is 244 g/mol. The number of aliphatic hydroxyl groups excluding tert-OH is 1. The first-order valence-electron chi connectivity index (χ1n) is 4.94. The summed E-state index contributed by atoms with van der Waals surface area (Å²) in [5, 5.41) is 12.0. The summed E-state index contributed by atoms with van der Waals surface area (Å²) in [6, 6.07) is -0.287. The van der Waals surface area contributed by atoms with Crippen molar-refractivity contribution in [2.45, 2.75) is 19.9 Å². The molecule has 0 aromatic carbocycles. The maximum Gasteiger partial charge on any atom is 0.271 e. The summed E-state index contributed by atoms with van der Waals surface area (Å²) in [5.41, 5.74) is 0.184. The summed E-state index contributed by atoms with van der Waals surface area (Å²) in [6.07, 6.45) is 2.60. The number of aliphatic hydroxyl groups is 1. The molecular weight excluding hydrogens is 230 g/mol. The van der Waals surface area contributed by atoms with Crippen LogP contribution in [0.4, 0.5) is 0 Å². The summed E-state index contributed by atoms with van der Waals surface area (Å²) >= 11 is 5.55. The lowest BCUT2D eigenvalue weighted by Crippen LogP contribution is -2.41. The molecular formula is C10H14ClN3O2. The molecule has 1 amide bonds. The van der Waals surface area contributed by atoms with E-state index < -0.39 is 0 Å². The van der Waals surface area contributed by atoms with Crippen LogP contribution < -0.4 is 5.32 Å². The number of rotatable bonds is 4. The van der Waals surface area contributed by atoms with Crippen LogP contribution >= 0.6 is 11.6 Å². The number of aromatic nitrogens is 2. The van der Waals surface area contributed by atoms with Gasteiger partial charge in [0.15, 0.2) is 0 Å². The van der Waals surface area contributed by atoms with Crippen molar-refractivity contribution in [1.29, 1.82) is 0 Å². The average Bonchev–Trinajstić information content (AvgIpc) is 2.26. The third-order valence-corrected chi connectivity index (χ3v) is 2.37. The first kappa shape index (κ1) is 12.9. The Labute approximate surface area is 98.9 Å². The summed E-state index contributed by atoms with van der Waals surface area (Å²) in [4.78, 5) is 19.3. The fourth-order valence-electron chi connectivity index (χ4n) is 1.09. The van der Waals surface area contributed by atoms with Gasteiger partial charge in [-0.05, 0) is 5.92 Å². The topological polar surface area (TPSA) is 75.1 Å². The van der Waals surface area contributed by atoms with Crippen LogP contribution in [-0.2, 0) is 0 Å². The van der Waals surface area contributed by atoms with E-state index in [0.717, 1.165) is 0 Å². The first-order chi connectivity index (χ1) is 7.54. The van der Waals surface area contributed by atoms with E-state index in [0.29, 0.717) is 0 Å². The van der Waals surface area contributed by atoms with Gasteiger partial charge >= 0.3 is 0 Å². The van der Waals surface area contributed by atoms with Gasteiger partial charge in [0, 0.05) is 0 Å². The summed E-state index contributed by atoms with van der Waals surface area (Å²) in [6.45, 7) is 3.72. The number of carbonyl (C=O) groups is 1. The second-order valence-electron chi connectivity index (χ2n) is 3.73. The number of nitrogens with one attached hydrogen (secondary N) is 1. The molecule has 6 heteroatoms. The maximum absolute atomic E-state index is 11.7. The Bertz CT molecular complexity index is 354. The molecule has 0 radical (unpaired) electrons. The van der Waals surface area contributed by atoms with E-state index in [-0.39, 0.29) is 35.3 Å². The molecule has 0 aliphatic carbocycles. The van der Waals surface area contributed by atoms with Gasteiger partial charge in [-0.25, -0.2) is 9.97 Å². The van der Waals surface area contributed by atoms with Crippen LogP contribution in [0.25, 0.3) is 0 Å². The molecule has 16 heavy (non-hydrogen) atoms. The smallest absolute Gasteiger partial charge is 0.271 e. The first-order valence-corrected chi connectivity index (χ1v) is 5.31. The molecule has 0 fully saturated rings. The number of carbonyl (C=O) groups excluding carboxylic acids is 1. The molecule has 1 aromatic heterocycles. The van der Waals surface area contributed by atoms with E-state index in [9.17, 15) is 4.79 Å².